The van der Waals surface area contributed by atoms with Gasteiger partial charge in [0.05, 0.1) is 11.6 Å². The molecule has 2 N–H and O–H groups in total. The molecule has 0 aromatic heterocycles. The van der Waals surface area contributed by atoms with Crippen LogP contribution < -0.4 is 5.32 Å². The van der Waals surface area contributed by atoms with E-state index in [4.69, 9.17) is 5.26 Å². The van der Waals surface area contributed by atoms with Crippen molar-refractivity contribution in [3.05, 3.63) is 83.4 Å². The third-order valence-electron chi connectivity index (χ3n) is 4.20. The molecule has 5 nitrogen and oxygen atoms in total. The maximum absolute atomic E-state index is 12.7. The van der Waals surface area contributed by atoms with Crippen LogP contribution in [0.2, 0.25) is 0 Å². The van der Waals surface area contributed by atoms with E-state index < -0.39 is 17.9 Å². The number of nitrogens with zero attached hydrogens (tertiary/aromatic N) is 1. The number of aliphatic carboxylic acids is 1. The molecule has 128 valence electrons. The monoisotopic (exact) mass is 344 g/mol. The number of fused-ring (bicyclic) bond motifs is 1. The first-order chi connectivity index (χ1) is 12.6. The van der Waals surface area contributed by atoms with Gasteiger partial charge in [-0.3, -0.25) is 4.79 Å². The predicted molar refractivity (Wildman–Crippen MR) is 97.7 cm³/mol. The lowest BCUT2D eigenvalue weighted by molar-refractivity contribution is -0.139. The van der Waals surface area contributed by atoms with Crippen molar-refractivity contribution in [3.8, 4) is 6.07 Å². The normalized spacial score (nSPS) is 11.5. The minimum absolute atomic E-state index is 0.0373. The number of carboxylic acid groups (broad SMARTS) is 1. The predicted octanol–water partition coefficient (Wildman–Crippen LogP) is 3.14. The number of carboxylic acids is 1. The van der Waals surface area contributed by atoms with E-state index in [-0.39, 0.29) is 6.42 Å². The maximum atomic E-state index is 12.7. The van der Waals surface area contributed by atoms with Gasteiger partial charge in [0.15, 0.2) is 0 Å². The van der Waals surface area contributed by atoms with Crippen LogP contribution in [0.4, 0.5) is 0 Å². The van der Waals surface area contributed by atoms with Crippen LogP contribution in [0.5, 0.6) is 0 Å². The molecule has 1 amide bonds. The molecule has 0 aliphatic carbocycles. The molecule has 1 atom stereocenters. The molecule has 0 radical (unpaired) electrons. The molecular weight excluding hydrogens is 328 g/mol. The Bertz CT molecular complexity index is 1020. The largest absolute Gasteiger partial charge is 0.480 e. The van der Waals surface area contributed by atoms with E-state index in [0.29, 0.717) is 16.7 Å². The summed E-state index contributed by atoms with van der Waals surface area (Å²) >= 11 is 0. The van der Waals surface area contributed by atoms with Gasteiger partial charge in [-0.1, -0.05) is 54.6 Å². The minimum atomic E-state index is -1.15. The second kappa shape index (κ2) is 7.49. The Balaban J connectivity index is 1.87. The van der Waals surface area contributed by atoms with E-state index in [1.807, 2.05) is 36.4 Å². The van der Waals surface area contributed by atoms with Crippen LogP contribution in [0, 0.1) is 11.3 Å². The molecule has 3 aromatic rings. The molecule has 3 rings (SSSR count). The fourth-order valence-electron chi connectivity index (χ4n) is 2.89. The van der Waals surface area contributed by atoms with Crippen molar-refractivity contribution < 1.29 is 14.7 Å². The highest BCUT2D eigenvalue weighted by molar-refractivity contribution is 6.07. The Labute approximate surface area is 150 Å². The molecule has 0 aliphatic heterocycles. The number of carbonyl (C=O) groups excluding carboxylic acids is 1. The average Bonchev–Trinajstić information content (AvgIpc) is 2.67. The van der Waals surface area contributed by atoms with Gasteiger partial charge in [-0.15, -0.1) is 0 Å². The Morgan fingerprint density at radius 3 is 2.46 bits per heavy atom. The minimum Gasteiger partial charge on any atom is -0.480 e. The molecule has 0 heterocycles. The number of benzene rings is 3. The van der Waals surface area contributed by atoms with Gasteiger partial charge < -0.3 is 10.4 Å². The van der Waals surface area contributed by atoms with E-state index >= 15 is 0 Å². The molecule has 3 aromatic carbocycles. The van der Waals surface area contributed by atoms with Crippen molar-refractivity contribution in [1.29, 1.82) is 5.26 Å². The fourth-order valence-corrected chi connectivity index (χ4v) is 2.89. The molecule has 0 saturated heterocycles. The van der Waals surface area contributed by atoms with E-state index in [2.05, 4.69) is 5.32 Å². The summed E-state index contributed by atoms with van der Waals surface area (Å²) in [6.45, 7) is 0. The summed E-state index contributed by atoms with van der Waals surface area (Å²) in [6, 6.07) is 20.4. The summed E-state index contributed by atoms with van der Waals surface area (Å²) in [5.41, 5.74) is 1.40. The van der Waals surface area contributed by atoms with E-state index in [1.165, 1.54) is 0 Å². The number of hydrogen-bond donors (Lipinski definition) is 2. The summed E-state index contributed by atoms with van der Waals surface area (Å²) in [7, 11) is 0. The highest BCUT2D eigenvalue weighted by atomic mass is 16.4. The number of nitriles is 1. The first kappa shape index (κ1) is 17.2. The van der Waals surface area contributed by atoms with Crippen molar-refractivity contribution >= 4 is 22.6 Å². The molecule has 26 heavy (non-hydrogen) atoms. The third-order valence-corrected chi connectivity index (χ3v) is 4.20. The van der Waals surface area contributed by atoms with Crippen LogP contribution >= 0.6 is 0 Å². The lowest BCUT2D eigenvalue weighted by Crippen LogP contribution is -2.42. The lowest BCUT2D eigenvalue weighted by atomic mass is 10.00. The highest BCUT2D eigenvalue weighted by Gasteiger charge is 2.23. The SMILES string of the molecule is N#Cc1ccccc1C[C@H](NC(=O)c1cccc2ccccc12)C(=O)O. The van der Waals surface area contributed by atoms with Crippen LogP contribution in [0.25, 0.3) is 10.8 Å². The lowest BCUT2D eigenvalue weighted by Gasteiger charge is -2.16. The summed E-state index contributed by atoms with van der Waals surface area (Å²) in [6.07, 6.45) is 0.0373. The molecular formula is C21H16N2O3. The van der Waals surface area contributed by atoms with Crippen LogP contribution in [-0.4, -0.2) is 23.0 Å². The first-order valence-corrected chi connectivity index (χ1v) is 8.09. The van der Waals surface area contributed by atoms with Crippen LogP contribution in [0.3, 0.4) is 0 Å². The van der Waals surface area contributed by atoms with Crippen molar-refractivity contribution in [2.75, 3.05) is 0 Å². The summed E-state index contributed by atoms with van der Waals surface area (Å²) in [5.74, 6) is -1.60. The van der Waals surface area contributed by atoms with Gasteiger partial charge in [-0.05, 0) is 28.5 Å². The van der Waals surface area contributed by atoms with Gasteiger partial charge in [0.1, 0.15) is 6.04 Å². The number of carbonyl (C=O) groups is 2. The number of hydrogen-bond acceptors (Lipinski definition) is 3. The quantitative estimate of drug-likeness (QED) is 0.744. The standard InChI is InChI=1S/C21H16N2O3/c22-13-16-8-2-1-7-15(16)12-19(21(25)26)23-20(24)18-11-5-9-14-6-3-4-10-17(14)18/h1-11,19H,12H2,(H,23,24)(H,25,26)/t19-/m0/s1. The van der Waals surface area contributed by atoms with Crippen molar-refractivity contribution in [1.82, 2.24) is 5.32 Å². The topological polar surface area (TPSA) is 90.2 Å². The van der Waals surface area contributed by atoms with E-state index in [0.717, 1.165) is 10.8 Å². The van der Waals surface area contributed by atoms with Gasteiger partial charge in [-0.25, -0.2) is 4.79 Å². The highest BCUT2D eigenvalue weighted by Crippen LogP contribution is 2.19. The molecule has 0 fully saturated rings. The second-order valence-electron chi connectivity index (χ2n) is 5.86. The number of rotatable bonds is 5. The van der Waals surface area contributed by atoms with Gasteiger partial charge in [0.25, 0.3) is 5.91 Å². The third kappa shape index (κ3) is 3.55. The molecule has 0 unspecified atom stereocenters. The second-order valence-corrected chi connectivity index (χ2v) is 5.86. The van der Waals surface area contributed by atoms with Crippen molar-refractivity contribution in [2.24, 2.45) is 0 Å². The average molecular weight is 344 g/mol. The zero-order valence-corrected chi connectivity index (χ0v) is 13.8. The van der Waals surface area contributed by atoms with Crippen molar-refractivity contribution in [2.45, 2.75) is 12.5 Å². The Morgan fingerprint density at radius 1 is 1.00 bits per heavy atom. The molecule has 0 bridgehead atoms. The van der Waals surface area contributed by atoms with Gasteiger partial charge >= 0.3 is 5.97 Å². The fraction of sp³-hybridized carbons (Fsp3) is 0.0952. The van der Waals surface area contributed by atoms with E-state index in [9.17, 15) is 14.7 Å². The van der Waals surface area contributed by atoms with Gasteiger partial charge in [0.2, 0.25) is 0 Å². The molecule has 0 aliphatic rings. The maximum Gasteiger partial charge on any atom is 0.326 e. The summed E-state index contributed by atoms with van der Waals surface area (Å²) in [4.78, 5) is 24.3. The number of amides is 1. The summed E-state index contributed by atoms with van der Waals surface area (Å²) in [5, 5.41) is 22.9. The Morgan fingerprint density at radius 2 is 1.69 bits per heavy atom. The molecule has 0 spiro atoms. The smallest absolute Gasteiger partial charge is 0.326 e. The van der Waals surface area contributed by atoms with Crippen LogP contribution in [-0.2, 0) is 11.2 Å². The Hall–Kier alpha value is -3.65. The van der Waals surface area contributed by atoms with Gasteiger partial charge in [0, 0.05) is 12.0 Å². The van der Waals surface area contributed by atoms with Crippen molar-refractivity contribution in [3.63, 3.8) is 0 Å². The number of nitrogens with one attached hydrogen (secondary N) is 1. The van der Waals surface area contributed by atoms with E-state index in [1.54, 1.807) is 36.4 Å². The zero-order valence-electron chi connectivity index (χ0n) is 13.8. The van der Waals surface area contributed by atoms with Crippen LogP contribution in [0.1, 0.15) is 21.5 Å². The molecule has 0 saturated carbocycles. The molecule has 5 heteroatoms. The first-order valence-electron chi connectivity index (χ1n) is 8.09. The Kier molecular flexibility index (Phi) is 4.95. The van der Waals surface area contributed by atoms with Crippen LogP contribution in [0.15, 0.2) is 66.7 Å². The zero-order chi connectivity index (χ0) is 18.5. The van der Waals surface area contributed by atoms with Gasteiger partial charge in [-0.2, -0.15) is 5.26 Å². The summed E-state index contributed by atoms with van der Waals surface area (Å²) < 4.78 is 0.